The van der Waals surface area contributed by atoms with Crippen molar-refractivity contribution >= 4 is 40.9 Å². The van der Waals surface area contributed by atoms with Crippen molar-refractivity contribution in [2.45, 2.75) is 30.3 Å². The molecule has 0 N–H and O–H groups in total. The molecule has 0 atom stereocenters. The molecule has 0 fully saturated rings. The molecule has 2 rings (SSSR count). The van der Waals surface area contributed by atoms with Gasteiger partial charge in [-0.05, 0) is 42.7 Å². The Morgan fingerprint density at radius 3 is 2.35 bits per heavy atom. The molecule has 0 aliphatic carbocycles. The molecule has 0 aromatic heterocycles. The SMILES string of the molecule is COC(=O)CC(=O)CCC(=O)c1cc(Oc2ccc(C(F)(F)F)cc2Cl)ccc1SC. The van der Waals surface area contributed by atoms with Crippen LogP contribution in [0.5, 0.6) is 11.5 Å². The number of rotatable bonds is 9. The highest BCUT2D eigenvalue weighted by Gasteiger charge is 2.31. The fourth-order valence-electron chi connectivity index (χ4n) is 2.56. The van der Waals surface area contributed by atoms with Crippen LogP contribution in [0.2, 0.25) is 5.02 Å². The summed E-state index contributed by atoms with van der Waals surface area (Å²) >= 11 is 7.22. The summed E-state index contributed by atoms with van der Waals surface area (Å²) in [4.78, 5) is 36.2. The quantitative estimate of drug-likeness (QED) is 0.193. The van der Waals surface area contributed by atoms with Crippen molar-refractivity contribution in [1.29, 1.82) is 0 Å². The largest absolute Gasteiger partial charge is 0.469 e. The van der Waals surface area contributed by atoms with E-state index in [0.717, 1.165) is 18.2 Å². The molecule has 0 heterocycles. The van der Waals surface area contributed by atoms with E-state index in [1.54, 1.807) is 18.4 Å². The van der Waals surface area contributed by atoms with Crippen LogP contribution in [0.3, 0.4) is 0 Å². The van der Waals surface area contributed by atoms with Crippen LogP contribution in [-0.2, 0) is 20.5 Å². The summed E-state index contributed by atoms with van der Waals surface area (Å²) in [6, 6.07) is 7.32. The maximum Gasteiger partial charge on any atom is 0.416 e. The molecular weight excluding hydrogens is 457 g/mol. The second-order valence-electron chi connectivity index (χ2n) is 6.32. The molecule has 0 saturated heterocycles. The van der Waals surface area contributed by atoms with Crippen LogP contribution in [0.25, 0.3) is 0 Å². The van der Waals surface area contributed by atoms with Crippen molar-refractivity contribution in [3.8, 4) is 11.5 Å². The van der Waals surface area contributed by atoms with Gasteiger partial charge >= 0.3 is 12.1 Å². The van der Waals surface area contributed by atoms with Gasteiger partial charge in [-0.15, -0.1) is 11.8 Å². The normalized spacial score (nSPS) is 11.2. The number of thioether (sulfide) groups is 1. The van der Waals surface area contributed by atoms with Gasteiger partial charge in [-0.3, -0.25) is 14.4 Å². The molecule has 0 aliphatic rings. The molecule has 0 saturated carbocycles. The molecule has 0 radical (unpaired) electrons. The highest BCUT2D eigenvalue weighted by atomic mass is 35.5. The van der Waals surface area contributed by atoms with E-state index < -0.39 is 29.9 Å². The third-order valence-corrected chi connectivity index (χ3v) is 5.25. The molecule has 0 unspecified atom stereocenters. The van der Waals surface area contributed by atoms with Crippen molar-refractivity contribution < 1.29 is 37.0 Å². The lowest BCUT2D eigenvalue weighted by Crippen LogP contribution is -2.11. The van der Waals surface area contributed by atoms with Crippen molar-refractivity contribution in [2.24, 2.45) is 0 Å². The van der Waals surface area contributed by atoms with E-state index in [0.29, 0.717) is 10.5 Å². The van der Waals surface area contributed by atoms with Gasteiger partial charge in [0.05, 0.1) is 17.7 Å². The second kappa shape index (κ2) is 10.7. The predicted molar refractivity (Wildman–Crippen MR) is 110 cm³/mol. The fraction of sp³-hybridized carbons (Fsp3) is 0.286. The topological polar surface area (TPSA) is 69.7 Å². The van der Waals surface area contributed by atoms with E-state index in [1.807, 2.05) is 0 Å². The summed E-state index contributed by atoms with van der Waals surface area (Å²) in [6.07, 6.45) is -3.42. The minimum Gasteiger partial charge on any atom is -0.469 e. The van der Waals surface area contributed by atoms with Gasteiger partial charge in [0, 0.05) is 23.3 Å². The lowest BCUT2D eigenvalue weighted by molar-refractivity contribution is -0.143. The van der Waals surface area contributed by atoms with Gasteiger partial charge in [0.2, 0.25) is 0 Å². The molecule has 5 nitrogen and oxygen atoms in total. The minimum absolute atomic E-state index is 0.00165. The molecule has 0 spiro atoms. The Labute approximate surface area is 185 Å². The monoisotopic (exact) mass is 474 g/mol. The standard InChI is InChI=1S/C21H18ClF3O5S/c1-29-20(28)10-13(26)4-6-17(27)15-11-14(5-8-19(15)31-2)30-18-7-3-12(9-16(18)22)21(23,24)25/h3,5,7-9,11H,4,6,10H2,1-2H3. The number of carbonyl (C=O) groups is 3. The van der Waals surface area contributed by atoms with Crippen LogP contribution in [0.1, 0.15) is 35.2 Å². The zero-order chi connectivity index (χ0) is 23.2. The van der Waals surface area contributed by atoms with Crippen LogP contribution in [0.4, 0.5) is 13.2 Å². The first kappa shape index (κ1) is 24.7. The average Bonchev–Trinajstić information content (AvgIpc) is 2.72. The summed E-state index contributed by atoms with van der Waals surface area (Å²) in [5.74, 6) is -1.24. The number of benzene rings is 2. The Hall–Kier alpha value is -2.52. The number of alkyl halides is 3. The molecule has 0 amide bonds. The summed E-state index contributed by atoms with van der Waals surface area (Å²) in [7, 11) is 1.17. The maximum absolute atomic E-state index is 12.8. The lowest BCUT2D eigenvalue weighted by Gasteiger charge is -2.13. The first-order valence-electron chi connectivity index (χ1n) is 8.89. The van der Waals surface area contributed by atoms with E-state index in [4.69, 9.17) is 16.3 Å². The van der Waals surface area contributed by atoms with Gasteiger partial charge in [0.1, 0.15) is 23.7 Å². The summed E-state index contributed by atoms with van der Waals surface area (Å²) < 4.78 is 48.3. The van der Waals surface area contributed by atoms with Crippen LogP contribution >= 0.6 is 23.4 Å². The minimum atomic E-state index is -4.53. The van der Waals surface area contributed by atoms with Crippen LogP contribution < -0.4 is 4.74 Å². The number of methoxy groups -OCH3 is 1. The Morgan fingerprint density at radius 2 is 1.77 bits per heavy atom. The Balaban J connectivity index is 2.17. The third-order valence-electron chi connectivity index (χ3n) is 4.16. The molecule has 0 bridgehead atoms. The average molecular weight is 475 g/mol. The van der Waals surface area contributed by atoms with Crippen LogP contribution in [-0.4, -0.2) is 30.9 Å². The molecular formula is C21H18ClF3O5S. The number of ketones is 2. The summed E-state index contributed by atoms with van der Waals surface area (Å²) in [5.41, 5.74) is -0.617. The zero-order valence-corrected chi connectivity index (χ0v) is 18.1. The van der Waals surface area contributed by atoms with Crippen molar-refractivity contribution in [3.05, 3.63) is 52.5 Å². The van der Waals surface area contributed by atoms with E-state index in [2.05, 4.69) is 4.74 Å². The highest BCUT2D eigenvalue weighted by Crippen LogP contribution is 2.37. The van der Waals surface area contributed by atoms with Crippen molar-refractivity contribution in [1.82, 2.24) is 0 Å². The van der Waals surface area contributed by atoms with E-state index in [9.17, 15) is 27.6 Å². The van der Waals surface area contributed by atoms with Crippen molar-refractivity contribution in [2.75, 3.05) is 13.4 Å². The van der Waals surface area contributed by atoms with Gasteiger partial charge in [0.25, 0.3) is 0 Å². The Morgan fingerprint density at radius 1 is 1.06 bits per heavy atom. The number of Topliss-reactive ketones (excluding diaryl/α,β-unsaturated/α-hetero) is 2. The highest BCUT2D eigenvalue weighted by molar-refractivity contribution is 7.98. The number of ether oxygens (including phenoxy) is 2. The molecule has 2 aromatic carbocycles. The second-order valence-corrected chi connectivity index (χ2v) is 7.58. The molecule has 166 valence electrons. The summed E-state index contributed by atoms with van der Waals surface area (Å²) in [5, 5.41) is -0.231. The number of hydrogen-bond acceptors (Lipinski definition) is 6. The predicted octanol–water partition coefficient (Wildman–Crippen LogP) is 5.97. The van der Waals surface area contributed by atoms with E-state index in [1.165, 1.54) is 24.9 Å². The maximum atomic E-state index is 12.8. The number of hydrogen-bond donors (Lipinski definition) is 0. The van der Waals surface area contributed by atoms with Gasteiger partial charge in [0.15, 0.2) is 5.78 Å². The Bertz CT molecular complexity index is 991. The zero-order valence-electron chi connectivity index (χ0n) is 16.5. The molecule has 0 aliphatic heterocycles. The molecule has 2 aromatic rings. The number of carbonyl (C=O) groups excluding carboxylic acids is 3. The van der Waals surface area contributed by atoms with E-state index >= 15 is 0 Å². The third kappa shape index (κ3) is 7.00. The van der Waals surface area contributed by atoms with Crippen LogP contribution in [0, 0.1) is 0 Å². The lowest BCUT2D eigenvalue weighted by atomic mass is 10.0. The number of esters is 1. The van der Waals surface area contributed by atoms with Crippen molar-refractivity contribution in [3.63, 3.8) is 0 Å². The number of halogens is 4. The molecule has 10 heteroatoms. The fourth-order valence-corrected chi connectivity index (χ4v) is 3.38. The smallest absolute Gasteiger partial charge is 0.416 e. The first-order valence-corrected chi connectivity index (χ1v) is 10.5. The summed E-state index contributed by atoms with van der Waals surface area (Å²) in [6.45, 7) is 0. The first-order chi connectivity index (χ1) is 14.5. The van der Waals surface area contributed by atoms with Crippen LogP contribution in [0.15, 0.2) is 41.3 Å². The van der Waals surface area contributed by atoms with Gasteiger partial charge in [-0.1, -0.05) is 11.6 Å². The van der Waals surface area contributed by atoms with E-state index in [-0.39, 0.29) is 35.1 Å². The molecule has 31 heavy (non-hydrogen) atoms. The van der Waals surface area contributed by atoms with Gasteiger partial charge < -0.3 is 9.47 Å². The van der Waals surface area contributed by atoms with Gasteiger partial charge in [-0.25, -0.2) is 0 Å². The Kier molecular flexibility index (Phi) is 8.52. The van der Waals surface area contributed by atoms with Gasteiger partial charge in [-0.2, -0.15) is 13.2 Å².